The van der Waals surface area contributed by atoms with Gasteiger partial charge >= 0.3 is 0 Å². The van der Waals surface area contributed by atoms with Crippen molar-refractivity contribution in [2.45, 2.75) is 38.4 Å². The van der Waals surface area contributed by atoms with Crippen LogP contribution in [0.3, 0.4) is 0 Å². The molecule has 0 amide bonds. The molecule has 3 aliphatic heterocycles. The van der Waals surface area contributed by atoms with E-state index in [1.807, 2.05) is 0 Å². The van der Waals surface area contributed by atoms with Crippen LogP contribution in [0.15, 0.2) is 33.8 Å². The molecule has 2 atom stereocenters. The Morgan fingerprint density at radius 3 is 2.89 bits per heavy atom. The minimum absolute atomic E-state index is 0.239. The standard InChI is InChI=1S/C22H29N3O2S/c26-22-19(14-23-5-1-7-27-8-6-23)2-3-21-20-10-18(13-25(21)22)12-24(15-20)11-17-4-9-28-16-17/h2-4,9,16,18,20H,1,5-8,10-15H2/t18-,20+/m0/s1. The molecule has 5 heterocycles. The zero-order valence-electron chi connectivity index (χ0n) is 16.4. The molecule has 5 rings (SSSR count). The summed E-state index contributed by atoms with van der Waals surface area (Å²) in [6.45, 7) is 8.38. The fourth-order valence-corrected chi connectivity index (χ4v) is 5.84. The number of fused-ring (bicyclic) bond motifs is 4. The number of piperidine rings is 1. The Bertz CT molecular complexity index is 855. The largest absolute Gasteiger partial charge is 0.380 e. The van der Waals surface area contributed by atoms with Gasteiger partial charge in [0.2, 0.25) is 0 Å². The monoisotopic (exact) mass is 399 g/mol. The lowest BCUT2D eigenvalue weighted by Gasteiger charge is -2.43. The molecule has 0 radical (unpaired) electrons. The Hall–Kier alpha value is -1.47. The average molecular weight is 400 g/mol. The Labute approximate surface area is 170 Å². The van der Waals surface area contributed by atoms with Crippen LogP contribution in [-0.4, -0.2) is 53.8 Å². The van der Waals surface area contributed by atoms with Crippen LogP contribution in [0.1, 0.15) is 35.6 Å². The van der Waals surface area contributed by atoms with E-state index in [0.29, 0.717) is 11.8 Å². The lowest BCUT2D eigenvalue weighted by Crippen LogP contribution is -2.47. The fourth-order valence-electron chi connectivity index (χ4n) is 5.18. The van der Waals surface area contributed by atoms with Gasteiger partial charge in [0, 0.05) is 69.6 Å². The summed E-state index contributed by atoms with van der Waals surface area (Å²) < 4.78 is 7.65. The summed E-state index contributed by atoms with van der Waals surface area (Å²) in [4.78, 5) is 18.2. The summed E-state index contributed by atoms with van der Waals surface area (Å²) in [5.74, 6) is 1.07. The Morgan fingerprint density at radius 2 is 2.00 bits per heavy atom. The van der Waals surface area contributed by atoms with E-state index in [9.17, 15) is 4.79 Å². The molecule has 2 aromatic rings. The number of aromatic nitrogens is 1. The Balaban J connectivity index is 1.34. The number of rotatable bonds is 4. The zero-order valence-corrected chi connectivity index (χ0v) is 17.2. The predicted molar refractivity (Wildman–Crippen MR) is 112 cm³/mol. The number of likely N-dealkylation sites (tertiary alicyclic amines) is 1. The zero-order chi connectivity index (χ0) is 18.9. The van der Waals surface area contributed by atoms with Gasteiger partial charge in [-0.2, -0.15) is 11.3 Å². The van der Waals surface area contributed by atoms with Crippen molar-refractivity contribution in [1.29, 1.82) is 0 Å². The molecule has 28 heavy (non-hydrogen) atoms. The van der Waals surface area contributed by atoms with Crippen molar-refractivity contribution >= 4 is 11.3 Å². The topological polar surface area (TPSA) is 37.7 Å². The highest BCUT2D eigenvalue weighted by molar-refractivity contribution is 7.07. The number of nitrogens with zero attached hydrogens (tertiary/aromatic N) is 3. The fraction of sp³-hybridized carbons (Fsp3) is 0.591. The van der Waals surface area contributed by atoms with E-state index in [-0.39, 0.29) is 5.56 Å². The minimum Gasteiger partial charge on any atom is -0.380 e. The van der Waals surface area contributed by atoms with Gasteiger partial charge in [-0.15, -0.1) is 0 Å². The van der Waals surface area contributed by atoms with Crippen LogP contribution in [-0.2, 0) is 24.4 Å². The maximum Gasteiger partial charge on any atom is 0.255 e. The predicted octanol–water partition coefficient (Wildman–Crippen LogP) is 2.75. The number of hydrogen-bond acceptors (Lipinski definition) is 5. The van der Waals surface area contributed by atoms with E-state index in [1.54, 1.807) is 11.3 Å². The minimum atomic E-state index is 0.239. The third kappa shape index (κ3) is 3.83. The van der Waals surface area contributed by atoms with Gasteiger partial charge < -0.3 is 9.30 Å². The molecule has 6 heteroatoms. The molecule has 2 saturated heterocycles. The first-order chi connectivity index (χ1) is 13.8. The lowest BCUT2D eigenvalue weighted by molar-refractivity contribution is 0.114. The molecule has 5 nitrogen and oxygen atoms in total. The van der Waals surface area contributed by atoms with Gasteiger partial charge in [-0.1, -0.05) is 6.07 Å². The van der Waals surface area contributed by atoms with Crippen LogP contribution in [0.4, 0.5) is 0 Å². The normalized spacial score (nSPS) is 26.0. The average Bonchev–Trinajstić information content (AvgIpc) is 3.06. The van der Waals surface area contributed by atoms with Crippen molar-refractivity contribution in [1.82, 2.24) is 14.4 Å². The van der Waals surface area contributed by atoms with Crippen molar-refractivity contribution in [3.63, 3.8) is 0 Å². The molecular weight excluding hydrogens is 370 g/mol. The highest BCUT2D eigenvalue weighted by Crippen LogP contribution is 2.35. The van der Waals surface area contributed by atoms with E-state index >= 15 is 0 Å². The summed E-state index contributed by atoms with van der Waals surface area (Å²) in [7, 11) is 0. The number of ether oxygens (including phenoxy) is 1. The maximum atomic E-state index is 13.2. The second-order valence-corrected chi connectivity index (χ2v) is 9.35. The highest BCUT2D eigenvalue weighted by atomic mass is 32.1. The highest BCUT2D eigenvalue weighted by Gasteiger charge is 2.35. The maximum absolute atomic E-state index is 13.2. The number of thiophene rings is 1. The van der Waals surface area contributed by atoms with Gasteiger partial charge in [0.05, 0.1) is 6.61 Å². The molecule has 0 unspecified atom stereocenters. The number of pyridine rings is 1. The Kier molecular flexibility index (Phi) is 5.37. The third-order valence-corrected chi connectivity index (χ3v) is 7.19. The summed E-state index contributed by atoms with van der Waals surface area (Å²) in [6.07, 6.45) is 2.28. The third-order valence-electron chi connectivity index (χ3n) is 6.45. The van der Waals surface area contributed by atoms with Crippen molar-refractivity contribution < 1.29 is 4.74 Å². The van der Waals surface area contributed by atoms with Crippen LogP contribution >= 0.6 is 11.3 Å². The molecule has 0 aliphatic carbocycles. The van der Waals surface area contributed by atoms with Crippen molar-refractivity contribution in [3.8, 4) is 0 Å². The van der Waals surface area contributed by atoms with Gasteiger partial charge in [-0.25, -0.2) is 0 Å². The van der Waals surface area contributed by atoms with Gasteiger partial charge in [0.15, 0.2) is 0 Å². The van der Waals surface area contributed by atoms with Crippen LogP contribution in [0.2, 0.25) is 0 Å². The van der Waals surface area contributed by atoms with Crippen LogP contribution in [0, 0.1) is 5.92 Å². The van der Waals surface area contributed by atoms with Crippen molar-refractivity contribution in [2.75, 3.05) is 39.4 Å². The van der Waals surface area contributed by atoms with E-state index in [2.05, 4.69) is 43.3 Å². The first-order valence-corrected chi connectivity index (χ1v) is 11.5. The molecule has 0 spiro atoms. The molecule has 2 aromatic heterocycles. The van der Waals surface area contributed by atoms with E-state index < -0.39 is 0 Å². The SMILES string of the molecule is O=c1c(CN2CCCOCC2)ccc2n1C[C@H]1C[C@@H]2CN(Cc2ccsc2)C1. The van der Waals surface area contributed by atoms with Gasteiger partial charge in [0.1, 0.15) is 0 Å². The molecule has 150 valence electrons. The molecule has 0 N–H and O–H groups in total. The van der Waals surface area contributed by atoms with Gasteiger partial charge in [-0.05, 0) is 47.2 Å². The van der Waals surface area contributed by atoms with Crippen LogP contribution in [0.5, 0.6) is 0 Å². The number of hydrogen-bond donors (Lipinski definition) is 0. The summed E-state index contributed by atoms with van der Waals surface area (Å²) in [6, 6.07) is 6.56. The van der Waals surface area contributed by atoms with Crippen LogP contribution in [0.25, 0.3) is 0 Å². The quantitative estimate of drug-likeness (QED) is 0.792. The first-order valence-electron chi connectivity index (χ1n) is 10.5. The Morgan fingerprint density at radius 1 is 1.04 bits per heavy atom. The second kappa shape index (κ2) is 8.11. The molecule has 0 saturated carbocycles. The molecule has 3 aliphatic rings. The smallest absolute Gasteiger partial charge is 0.255 e. The molecule has 0 aromatic carbocycles. The summed E-state index contributed by atoms with van der Waals surface area (Å²) in [5, 5.41) is 4.41. The summed E-state index contributed by atoms with van der Waals surface area (Å²) >= 11 is 1.77. The van der Waals surface area contributed by atoms with Crippen molar-refractivity contribution in [2.24, 2.45) is 5.92 Å². The van der Waals surface area contributed by atoms with E-state index in [0.717, 1.165) is 71.0 Å². The van der Waals surface area contributed by atoms with E-state index in [4.69, 9.17) is 4.74 Å². The van der Waals surface area contributed by atoms with E-state index in [1.165, 1.54) is 17.7 Å². The molecule has 2 fully saturated rings. The molecule has 2 bridgehead atoms. The van der Waals surface area contributed by atoms with Crippen LogP contribution < -0.4 is 5.56 Å². The van der Waals surface area contributed by atoms with Gasteiger partial charge in [-0.3, -0.25) is 14.6 Å². The second-order valence-electron chi connectivity index (χ2n) is 8.57. The summed E-state index contributed by atoms with van der Waals surface area (Å²) in [5.41, 5.74) is 3.85. The first kappa shape index (κ1) is 18.6. The van der Waals surface area contributed by atoms with Crippen molar-refractivity contribution in [3.05, 3.63) is 56.1 Å². The van der Waals surface area contributed by atoms with Gasteiger partial charge in [0.25, 0.3) is 5.56 Å². The lowest BCUT2D eigenvalue weighted by atomic mass is 9.83. The molecular formula is C22H29N3O2S.